The van der Waals surface area contributed by atoms with Crippen LogP contribution in [0.15, 0.2) is 28.8 Å². The van der Waals surface area contributed by atoms with E-state index in [1.807, 2.05) is 43.4 Å². The Morgan fingerprint density at radius 3 is 2.79 bits per heavy atom. The summed E-state index contributed by atoms with van der Waals surface area (Å²) in [4.78, 5) is 2.02. The van der Waals surface area contributed by atoms with Crippen LogP contribution in [0.1, 0.15) is 44.4 Å². The van der Waals surface area contributed by atoms with Crippen LogP contribution in [0.2, 0.25) is 0 Å². The van der Waals surface area contributed by atoms with Crippen LogP contribution in [0.3, 0.4) is 0 Å². The maximum absolute atomic E-state index is 6.08. The van der Waals surface area contributed by atoms with Crippen molar-refractivity contribution in [3.05, 3.63) is 30.3 Å². The van der Waals surface area contributed by atoms with Crippen LogP contribution in [0.25, 0.3) is 17.2 Å². The average molecular weight is 329 g/mol. The van der Waals surface area contributed by atoms with E-state index in [9.17, 15) is 0 Å². The van der Waals surface area contributed by atoms with Crippen LogP contribution >= 0.6 is 0 Å². The summed E-state index contributed by atoms with van der Waals surface area (Å²) >= 11 is 0. The number of aryl methyl sites for hydroxylation is 1. The smallest absolute Gasteiger partial charge is 0.375 e. The van der Waals surface area contributed by atoms with Gasteiger partial charge in [0.15, 0.2) is 6.54 Å². The zero-order valence-corrected chi connectivity index (χ0v) is 15.1. The summed E-state index contributed by atoms with van der Waals surface area (Å²) in [5.74, 6) is 2.67. The molecule has 4 heteroatoms. The molecule has 0 aliphatic heterocycles. The molecule has 4 nitrogen and oxygen atoms in total. The van der Waals surface area contributed by atoms with Crippen molar-refractivity contribution in [1.82, 2.24) is 4.90 Å². The molecule has 0 atom stereocenters. The van der Waals surface area contributed by atoms with E-state index in [2.05, 4.69) is 10.6 Å². The number of benzene rings is 1. The highest BCUT2D eigenvalue weighted by Gasteiger charge is 2.22. The minimum absolute atomic E-state index is 0.831. The van der Waals surface area contributed by atoms with Crippen LogP contribution < -0.4 is 9.30 Å². The number of methoxy groups -OCH3 is 1. The standard InChI is InChI=1S/C20H29N2O2/c1-21(2)14-12-20-22(13-6-9-16-7-4-5-8-16)18-11-10-17(23-3)15-19(18)24-20/h10-12,14-16H,4-9,13H2,1-3H3/q+1. The molecule has 0 N–H and O–H groups in total. The van der Waals surface area contributed by atoms with Crippen molar-refractivity contribution < 1.29 is 13.7 Å². The number of fused-ring (bicyclic) bond motifs is 1. The van der Waals surface area contributed by atoms with Gasteiger partial charge in [-0.15, -0.1) is 0 Å². The van der Waals surface area contributed by atoms with Crippen LogP contribution in [-0.2, 0) is 6.54 Å². The van der Waals surface area contributed by atoms with Crippen LogP contribution in [0, 0.1) is 5.92 Å². The third kappa shape index (κ3) is 3.92. The molecule has 2 aromatic rings. The second kappa shape index (κ2) is 7.73. The van der Waals surface area contributed by atoms with E-state index in [-0.39, 0.29) is 0 Å². The summed E-state index contributed by atoms with van der Waals surface area (Å²) in [6.45, 7) is 1.00. The van der Waals surface area contributed by atoms with Gasteiger partial charge < -0.3 is 14.1 Å². The fraction of sp³-hybridized carbons (Fsp3) is 0.550. The number of rotatable bonds is 7. The molecule has 1 aliphatic carbocycles. The zero-order chi connectivity index (χ0) is 16.9. The first-order valence-corrected chi connectivity index (χ1v) is 9.02. The number of ether oxygens (including phenoxy) is 1. The summed E-state index contributed by atoms with van der Waals surface area (Å²) in [6.07, 6.45) is 12.3. The van der Waals surface area contributed by atoms with Gasteiger partial charge in [-0.05, 0) is 18.4 Å². The second-order valence-corrected chi connectivity index (χ2v) is 7.00. The zero-order valence-electron chi connectivity index (χ0n) is 15.1. The van der Waals surface area contributed by atoms with Gasteiger partial charge in [-0.2, -0.15) is 4.57 Å². The van der Waals surface area contributed by atoms with Gasteiger partial charge >= 0.3 is 5.89 Å². The summed E-state index contributed by atoms with van der Waals surface area (Å²) in [6, 6.07) is 6.07. The van der Waals surface area contributed by atoms with Gasteiger partial charge in [0.05, 0.1) is 13.2 Å². The average Bonchev–Trinajstić information content (AvgIpc) is 3.20. The van der Waals surface area contributed by atoms with Crippen LogP contribution in [-0.4, -0.2) is 26.1 Å². The molecule has 1 saturated carbocycles. The van der Waals surface area contributed by atoms with E-state index in [0.717, 1.165) is 35.2 Å². The first-order valence-electron chi connectivity index (χ1n) is 9.02. The maximum Gasteiger partial charge on any atom is 0.375 e. The van der Waals surface area contributed by atoms with Gasteiger partial charge in [0.2, 0.25) is 5.58 Å². The molecule has 1 aromatic heterocycles. The lowest BCUT2D eigenvalue weighted by molar-refractivity contribution is -0.678. The van der Waals surface area contributed by atoms with Gasteiger partial charge in [0.25, 0.3) is 5.52 Å². The largest absolute Gasteiger partial charge is 0.497 e. The predicted octanol–water partition coefficient (Wildman–Crippen LogP) is 4.23. The van der Waals surface area contributed by atoms with Gasteiger partial charge in [0, 0.05) is 38.8 Å². The third-order valence-corrected chi connectivity index (χ3v) is 4.92. The number of hydrogen-bond acceptors (Lipinski definition) is 3. The molecule has 0 unspecified atom stereocenters. The Labute approximate surface area is 144 Å². The van der Waals surface area contributed by atoms with Crippen molar-refractivity contribution in [2.45, 2.75) is 45.1 Å². The van der Waals surface area contributed by atoms with E-state index >= 15 is 0 Å². The van der Waals surface area contributed by atoms with E-state index in [4.69, 9.17) is 9.15 Å². The SMILES string of the molecule is COc1ccc2c(c1)oc(/C=C/N(C)C)[n+]2CCCC1CCCC1. The van der Waals surface area contributed by atoms with Crippen LogP contribution in [0.5, 0.6) is 5.75 Å². The van der Waals surface area contributed by atoms with Crippen molar-refractivity contribution >= 4 is 17.2 Å². The Balaban J connectivity index is 1.82. The molecule has 0 radical (unpaired) electrons. The molecular formula is C20H29N2O2+. The first kappa shape index (κ1) is 16.9. The molecule has 0 amide bonds. The topological polar surface area (TPSA) is 29.5 Å². The number of nitrogens with zero attached hydrogens (tertiary/aromatic N) is 2. The van der Waals surface area contributed by atoms with E-state index < -0.39 is 0 Å². The first-order chi connectivity index (χ1) is 11.7. The van der Waals surface area contributed by atoms with Crippen molar-refractivity contribution in [2.24, 2.45) is 5.92 Å². The molecule has 1 aromatic carbocycles. The predicted molar refractivity (Wildman–Crippen MR) is 96.9 cm³/mol. The molecule has 130 valence electrons. The quantitative estimate of drug-likeness (QED) is 0.712. The summed E-state index contributed by atoms with van der Waals surface area (Å²) in [7, 11) is 5.73. The molecule has 3 rings (SSSR count). The maximum atomic E-state index is 6.08. The summed E-state index contributed by atoms with van der Waals surface area (Å²) in [5, 5.41) is 0. The van der Waals surface area contributed by atoms with E-state index in [0.29, 0.717) is 0 Å². The highest BCUT2D eigenvalue weighted by atomic mass is 16.5. The number of hydrogen-bond donors (Lipinski definition) is 0. The van der Waals surface area contributed by atoms with Crippen molar-refractivity contribution in [3.63, 3.8) is 0 Å². The molecule has 1 aliphatic rings. The van der Waals surface area contributed by atoms with Crippen molar-refractivity contribution in [3.8, 4) is 5.75 Å². The Morgan fingerprint density at radius 1 is 1.29 bits per heavy atom. The lowest BCUT2D eigenvalue weighted by Crippen LogP contribution is -2.35. The van der Waals surface area contributed by atoms with E-state index in [1.54, 1.807) is 7.11 Å². The number of aromatic nitrogens is 1. The van der Waals surface area contributed by atoms with Gasteiger partial charge in [-0.25, -0.2) is 0 Å². The van der Waals surface area contributed by atoms with E-state index in [1.165, 1.54) is 38.5 Å². The Kier molecular flexibility index (Phi) is 5.44. The summed E-state index contributed by atoms with van der Waals surface area (Å²) in [5.41, 5.74) is 2.02. The molecule has 0 saturated heterocycles. The van der Waals surface area contributed by atoms with Gasteiger partial charge in [0.1, 0.15) is 5.75 Å². The number of oxazole rings is 1. The lowest BCUT2D eigenvalue weighted by Gasteiger charge is -2.06. The molecular weight excluding hydrogens is 300 g/mol. The fourth-order valence-electron chi connectivity index (χ4n) is 3.62. The molecule has 1 fully saturated rings. The highest BCUT2D eigenvalue weighted by Crippen LogP contribution is 2.28. The Morgan fingerprint density at radius 2 is 2.08 bits per heavy atom. The highest BCUT2D eigenvalue weighted by molar-refractivity contribution is 5.71. The minimum atomic E-state index is 0.831. The molecule has 24 heavy (non-hydrogen) atoms. The Hall–Kier alpha value is -1.97. The molecule has 1 heterocycles. The fourth-order valence-corrected chi connectivity index (χ4v) is 3.62. The monoisotopic (exact) mass is 329 g/mol. The Bertz CT molecular complexity index is 697. The van der Waals surface area contributed by atoms with Crippen LogP contribution in [0.4, 0.5) is 0 Å². The molecule has 0 bridgehead atoms. The lowest BCUT2D eigenvalue weighted by atomic mass is 10.0. The third-order valence-electron chi connectivity index (χ3n) is 4.92. The van der Waals surface area contributed by atoms with Gasteiger partial charge in [-0.1, -0.05) is 25.7 Å². The molecule has 0 spiro atoms. The second-order valence-electron chi connectivity index (χ2n) is 7.00. The minimum Gasteiger partial charge on any atom is -0.497 e. The summed E-state index contributed by atoms with van der Waals surface area (Å²) < 4.78 is 13.7. The normalized spacial score (nSPS) is 15.6. The van der Waals surface area contributed by atoms with Gasteiger partial charge in [-0.3, -0.25) is 0 Å². The van der Waals surface area contributed by atoms with Crippen molar-refractivity contribution in [2.75, 3.05) is 21.2 Å². The van der Waals surface area contributed by atoms with Crippen molar-refractivity contribution in [1.29, 1.82) is 0 Å².